The van der Waals surface area contributed by atoms with E-state index in [1.807, 2.05) is 32.3 Å². The Kier molecular flexibility index (Phi) is 7.34. The molecule has 11 heteroatoms. The van der Waals surface area contributed by atoms with Crippen molar-refractivity contribution in [2.75, 3.05) is 19.0 Å². The van der Waals surface area contributed by atoms with Gasteiger partial charge in [0, 0.05) is 51.0 Å². The van der Waals surface area contributed by atoms with E-state index in [0.717, 1.165) is 38.9 Å². The number of nitrogens with two attached hydrogens (primary N) is 3. The maximum atomic E-state index is 11.8. The number of rotatable bonds is 9. The molecule has 0 fully saturated rings. The van der Waals surface area contributed by atoms with Gasteiger partial charge in [0.15, 0.2) is 6.29 Å². The van der Waals surface area contributed by atoms with Gasteiger partial charge in [0.25, 0.3) is 0 Å². The van der Waals surface area contributed by atoms with Crippen molar-refractivity contribution in [1.29, 1.82) is 0 Å². The number of thiazole rings is 1. The number of anilines is 1. The smallest absolute Gasteiger partial charge is 0.166 e. The third-order valence-corrected chi connectivity index (χ3v) is 5.74. The molecule has 2 aromatic rings. The van der Waals surface area contributed by atoms with Crippen molar-refractivity contribution in [3.05, 3.63) is 62.6 Å². The molecule has 7 N–H and O–H groups in total. The van der Waals surface area contributed by atoms with Crippen LogP contribution in [0.3, 0.4) is 0 Å². The summed E-state index contributed by atoms with van der Waals surface area (Å²) in [6.07, 6.45) is 5.14. The van der Waals surface area contributed by atoms with Gasteiger partial charge in [-0.05, 0) is 12.1 Å². The summed E-state index contributed by atoms with van der Waals surface area (Å²) in [5.41, 5.74) is 17.7. The average molecular weight is 442 g/mol. The molecule has 0 radical (unpaired) electrons. The lowest BCUT2D eigenvalue weighted by molar-refractivity contribution is -0.105. The van der Waals surface area contributed by atoms with Gasteiger partial charge in [-0.1, -0.05) is 6.07 Å². The van der Waals surface area contributed by atoms with E-state index in [1.165, 1.54) is 6.20 Å². The van der Waals surface area contributed by atoms with Crippen LogP contribution in [0.25, 0.3) is 0 Å². The van der Waals surface area contributed by atoms with Crippen molar-refractivity contribution in [3.63, 3.8) is 0 Å². The highest BCUT2D eigenvalue weighted by Gasteiger charge is 2.25. The average Bonchev–Trinajstić information content (AvgIpc) is 3.15. The third-order valence-electron chi connectivity index (χ3n) is 4.69. The molecular weight excluding hydrogens is 414 g/mol. The van der Waals surface area contributed by atoms with Crippen LogP contribution in [0.2, 0.25) is 0 Å². The van der Waals surface area contributed by atoms with Gasteiger partial charge in [-0.2, -0.15) is 5.10 Å². The van der Waals surface area contributed by atoms with Crippen LogP contribution in [-0.4, -0.2) is 41.6 Å². The highest BCUT2D eigenvalue weighted by atomic mass is 32.1. The lowest BCUT2D eigenvalue weighted by Crippen LogP contribution is -2.26. The zero-order chi connectivity index (χ0) is 22.4. The Bertz CT molecular complexity index is 1030. The van der Waals surface area contributed by atoms with E-state index in [1.54, 1.807) is 27.5 Å². The number of aromatic nitrogens is 2. The number of nitrogens with zero attached hydrogens (tertiary/aromatic N) is 5. The van der Waals surface area contributed by atoms with Crippen molar-refractivity contribution in [3.8, 4) is 0 Å². The molecular formula is C20H27N9OS. The van der Waals surface area contributed by atoms with Gasteiger partial charge in [0.05, 0.1) is 34.7 Å². The largest absolute Gasteiger partial charge is 0.400 e. The van der Waals surface area contributed by atoms with Crippen LogP contribution < -0.4 is 27.6 Å². The van der Waals surface area contributed by atoms with Crippen LogP contribution in [0.5, 0.6) is 0 Å². The van der Waals surface area contributed by atoms with Gasteiger partial charge >= 0.3 is 0 Å². The van der Waals surface area contributed by atoms with Gasteiger partial charge in [-0.15, -0.1) is 11.3 Å². The number of hydrogen-bond acceptors (Lipinski definition) is 11. The summed E-state index contributed by atoms with van der Waals surface area (Å²) in [7, 11) is 3.68. The summed E-state index contributed by atoms with van der Waals surface area (Å²) in [5, 5.41) is 7.14. The Labute approximate surface area is 185 Å². The minimum Gasteiger partial charge on any atom is -0.400 e. The minimum atomic E-state index is 0.395. The maximum absolute atomic E-state index is 11.8. The summed E-state index contributed by atoms with van der Waals surface area (Å²) in [5.74, 6) is 6.04. The molecule has 0 bridgehead atoms. The zero-order valence-corrected chi connectivity index (χ0v) is 18.4. The van der Waals surface area contributed by atoms with Gasteiger partial charge in [-0.3, -0.25) is 20.6 Å². The van der Waals surface area contributed by atoms with E-state index in [4.69, 9.17) is 17.3 Å². The molecule has 0 saturated carbocycles. The van der Waals surface area contributed by atoms with Crippen LogP contribution in [0, 0.1) is 0 Å². The second kappa shape index (κ2) is 10.2. The van der Waals surface area contributed by atoms with Crippen LogP contribution in [0.4, 0.5) is 5.82 Å². The molecule has 3 rings (SSSR count). The number of likely N-dealkylation sites (N-methyl/N-ethyl adjacent to an activating group) is 1. The molecule has 0 aliphatic carbocycles. The second-order valence-electron chi connectivity index (χ2n) is 7.07. The fourth-order valence-electron chi connectivity index (χ4n) is 3.21. The first kappa shape index (κ1) is 22.4. The fourth-order valence-corrected chi connectivity index (χ4v) is 4.37. The number of pyridine rings is 1. The van der Waals surface area contributed by atoms with Gasteiger partial charge in [-0.25, -0.2) is 4.98 Å². The molecule has 164 valence electrons. The Morgan fingerprint density at radius 3 is 2.87 bits per heavy atom. The summed E-state index contributed by atoms with van der Waals surface area (Å²) >= 11 is 1.56. The first-order valence-electron chi connectivity index (χ1n) is 9.66. The molecule has 0 amide bonds. The van der Waals surface area contributed by atoms with Crippen LogP contribution in [-0.2, 0) is 30.7 Å². The summed E-state index contributed by atoms with van der Waals surface area (Å²) in [6.45, 7) is 0.923. The van der Waals surface area contributed by atoms with Crippen LogP contribution >= 0.6 is 11.3 Å². The van der Waals surface area contributed by atoms with Crippen molar-refractivity contribution in [2.45, 2.75) is 25.9 Å². The molecule has 2 aromatic heterocycles. The summed E-state index contributed by atoms with van der Waals surface area (Å²) in [6, 6.07) is 5.75. The van der Waals surface area contributed by atoms with Crippen molar-refractivity contribution < 1.29 is 4.79 Å². The highest BCUT2D eigenvalue weighted by molar-refractivity contribution is 7.12. The summed E-state index contributed by atoms with van der Waals surface area (Å²) in [4.78, 5) is 23.8. The van der Waals surface area contributed by atoms with Crippen molar-refractivity contribution >= 4 is 29.7 Å². The number of nitrogens with one attached hydrogen (secondary N) is 1. The predicted molar refractivity (Wildman–Crippen MR) is 123 cm³/mol. The topological polar surface area (TPSA) is 152 Å². The lowest BCUT2D eigenvalue weighted by Gasteiger charge is -2.25. The maximum Gasteiger partial charge on any atom is 0.166 e. The molecule has 3 heterocycles. The van der Waals surface area contributed by atoms with Crippen molar-refractivity contribution in [1.82, 2.24) is 20.4 Å². The zero-order valence-electron chi connectivity index (χ0n) is 17.6. The Balaban J connectivity index is 1.75. The third kappa shape index (κ3) is 5.45. The molecule has 1 aliphatic heterocycles. The van der Waals surface area contributed by atoms with Crippen LogP contribution in [0.15, 0.2) is 46.5 Å². The fraction of sp³-hybridized carbons (Fsp3) is 0.300. The predicted octanol–water partition coefficient (Wildman–Crippen LogP) is 0.366. The van der Waals surface area contributed by atoms with E-state index in [-0.39, 0.29) is 0 Å². The molecule has 0 atom stereocenters. The second-order valence-corrected chi connectivity index (χ2v) is 8.23. The van der Waals surface area contributed by atoms with E-state index >= 15 is 0 Å². The van der Waals surface area contributed by atoms with E-state index < -0.39 is 0 Å². The monoisotopic (exact) mass is 441 g/mol. The number of hydrazine groups is 1. The van der Waals surface area contributed by atoms with Gasteiger partial charge < -0.3 is 21.8 Å². The van der Waals surface area contributed by atoms with Gasteiger partial charge in [0.1, 0.15) is 10.8 Å². The molecule has 0 aromatic carbocycles. The number of aldehydes is 1. The molecule has 0 saturated heterocycles. The van der Waals surface area contributed by atoms with Gasteiger partial charge in [0.2, 0.25) is 0 Å². The molecule has 0 spiro atoms. The Morgan fingerprint density at radius 2 is 2.16 bits per heavy atom. The first-order valence-corrected chi connectivity index (χ1v) is 10.5. The normalized spacial score (nSPS) is 14.2. The minimum absolute atomic E-state index is 0.395. The highest BCUT2D eigenvalue weighted by Crippen LogP contribution is 2.35. The Morgan fingerprint density at radius 1 is 1.39 bits per heavy atom. The van der Waals surface area contributed by atoms with Crippen LogP contribution in [0.1, 0.15) is 21.3 Å². The number of carbonyl (C=O) groups excluding carboxylic acids is 1. The standard InChI is InChI=1S/C20H27N9OS/c1-28(11-16-5-3-4-15(8-21)26-16)25-9-13-6-18-20(29(2)17(13)12-30)27-19(31-18)7-14(22)10-24-23/h3-5,9-10,12,24H,6-8,11,21-23H2,1-2H3/b14-10-,25-9-. The lowest BCUT2D eigenvalue weighted by atomic mass is 10.1. The number of carbonyl (C=O) groups is 1. The molecule has 10 nitrogen and oxygen atoms in total. The van der Waals surface area contributed by atoms with E-state index in [0.29, 0.717) is 37.3 Å². The number of allylic oxidation sites excluding steroid dienone is 3. The molecule has 31 heavy (non-hydrogen) atoms. The molecule has 0 unspecified atom stereocenters. The Hall–Kier alpha value is -3.28. The summed E-state index contributed by atoms with van der Waals surface area (Å²) < 4.78 is 0. The molecule has 1 aliphatic rings. The first-order chi connectivity index (χ1) is 14.9. The number of hydrogen-bond donors (Lipinski definition) is 4. The van der Waals surface area contributed by atoms with Crippen molar-refractivity contribution in [2.24, 2.45) is 22.4 Å². The van der Waals surface area contributed by atoms with E-state index in [2.05, 4.69) is 20.5 Å². The quantitative estimate of drug-likeness (QED) is 0.187. The SMILES string of the molecule is CN(Cc1cccc(CN)n1)/N=C\C1=C(C=O)N(C)c2nc(C/C(N)=C/NN)sc2C1. The number of hydrazone groups is 1. The van der Waals surface area contributed by atoms with E-state index in [9.17, 15) is 4.79 Å². The number of fused-ring (bicyclic) bond motifs is 1.